The summed E-state index contributed by atoms with van der Waals surface area (Å²) in [6.07, 6.45) is 68.3. The molecule has 0 aromatic heterocycles. The van der Waals surface area contributed by atoms with Gasteiger partial charge in [-0.1, -0.05) is 408 Å². The van der Waals surface area contributed by atoms with Gasteiger partial charge in [-0.15, -0.1) is 0 Å². The van der Waals surface area contributed by atoms with Crippen LogP contribution in [-0.4, -0.2) is 96.7 Å². The number of phosphoric acid groups is 2. The first-order chi connectivity index (χ1) is 51.3. The normalized spacial score (nSPS) is 14.1. The van der Waals surface area contributed by atoms with E-state index in [1.165, 1.54) is 263 Å². The Morgan fingerprint density at radius 2 is 0.481 bits per heavy atom. The molecule has 0 saturated carbocycles. The first-order valence-corrected chi connectivity index (χ1v) is 47.9. The van der Waals surface area contributed by atoms with Gasteiger partial charge in [0.15, 0.2) is 12.2 Å². The van der Waals surface area contributed by atoms with Crippen LogP contribution in [0.5, 0.6) is 0 Å². The molecule has 0 spiro atoms. The molecular formula is C87H170O17P2. The topological polar surface area (TPSA) is 237 Å². The second-order valence-electron chi connectivity index (χ2n) is 32.5. The average molecular weight is 1550 g/mol. The Bertz CT molecular complexity index is 2050. The Hall–Kier alpha value is -1.94. The van der Waals surface area contributed by atoms with Crippen molar-refractivity contribution in [3.8, 4) is 0 Å². The van der Waals surface area contributed by atoms with E-state index in [0.29, 0.717) is 31.6 Å². The second-order valence-corrected chi connectivity index (χ2v) is 35.4. The Morgan fingerprint density at radius 3 is 0.717 bits per heavy atom. The van der Waals surface area contributed by atoms with Crippen LogP contribution in [0.15, 0.2) is 0 Å². The Labute approximate surface area is 651 Å². The highest BCUT2D eigenvalue weighted by molar-refractivity contribution is 7.47. The lowest BCUT2D eigenvalue weighted by Gasteiger charge is -2.21. The molecule has 0 aromatic carbocycles. The highest BCUT2D eigenvalue weighted by atomic mass is 31.2. The summed E-state index contributed by atoms with van der Waals surface area (Å²) in [5, 5.41) is 10.7. The van der Waals surface area contributed by atoms with Crippen LogP contribution in [0.4, 0.5) is 0 Å². The van der Waals surface area contributed by atoms with Gasteiger partial charge in [0.25, 0.3) is 0 Å². The molecule has 6 atom stereocenters. The van der Waals surface area contributed by atoms with Gasteiger partial charge in [0, 0.05) is 25.7 Å². The summed E-state index contributed by atoms with van der Waals surface area (Å²) < 4.78 is 68.9. The molecule has 0 radical (unpaired) electrons. The first kappa shape index (κ1) is 104. The van der Waals surface area contributed by atoms with Crippen LogP contribution >= 0.6 is 15.6 Å². The molecule has 630 valence electrons. The third-order valence-corrected chi connectivity index (χ3v) is 22.6. The van der Waals surface area contributed by atoms with Crippen LogP contribution in [0, 0.1) is 17.8 Å². The molecular weight excluding hydrogens is 1380 g/mol. The van der Waals surface area contributed by atoms with Crippen molar-refractivity contribution in [3.05, 3.63) is 0 Å². The molecule has 0 aliphatic heterocycles. The Balaban J connectivity index is 5.20. The Kier molecular flexibility index (Phi) is 75.6. The highest BCUT2D eigenvalue weighted by Gasteiger charge is 2.31. The van der Waals surface area contributed by atoms with Gasteiger partial charge < -0.3 is 33.8 Å². The number of aliphatic hydroxyl groups excluding tert-OH is 1. The number of phosphoric ester groups is 2. The van der Waals surface area contributed by atoms with E-state index in [0.717, 1.165) is 108 Å². The maximum Gasteiger partial charge on any atom is 0.472 e. The third-order valence-electron chi connectivity index (χ3n) is 20.7. The molecule has 17 nitrogen and oxygen atoms in total. The summed E-state index contributed by atoms with van der Waals surface area (Å²) in [6, 6.07) is 0. The van der Waals surface area contributed by atoms with Crippen molar-refractivity contribution in [3.63, 3.8) is 0 Å². The SMILES string of the molecule is CCCCCCCCCCCCCCCCCCCCCCCC(=O)OC[C@H](COP(=O)(O)OC[C@@H](O)COP(=O)(O)OC[C@@H](COC(=O)CCCCCCCCCC(C)C)OC(=O)CCCCCCCCCCCCC(C)C)OC(=O)CCCCCCCCCCCCCCCCCCCCC(C)CC. The summed E-state index contributed by atoms with van der Waals surface area (Å²) in [4.78, 5) is 73.2. The van der Waals surface area contributed by atoms with E-state index in [1.54, 1.807) is 0 Å². The van der Waals surface area contributed by atoms with Crippen molar-refractivity contribution >= 4 is 39.5 Å². The van der Waals surface area contributed by atoms with Gasteiger partial charge in [-0.3, -0.25) is 37.3 Å². The predicted octanol–water partition coefficient (Wildman–Crippen LogP) is 26.5. The number of carbonyl (C=O) groups excluding carboxylic acids is 4. The van der Waals surface area contributed by atoms with E-state index in [2.05, 4.69) is 48.5 Å². The van der Waals surface area contributed by atoms with Crippen LogP contribution in [0.25, 0.3) is 0 Å². The third kappa shape index (κ3) is 78.7. The summed E-state index contributed by atoms with van der Waals surface area (Å²) in [5.41, 5.74) is 0. The van der Waals surface area contributed by atoms with Crippen LogP contribution in [0.2, 0.25) is 0 Å². The van der Waals surface area contributed by atoms with Crippen molar-refractivity contribution in [2.24, 2.45) is 17.8 Å². The number of carbonyl (C=O) groups is 4. The summed E-state index contributed by atoms with van der Waals surface area (Å²) in [7, 11) is -9.93. The zero-order valence-corrected chi connectivity index (χ0v) is 71.7. The molecule has 0 saturated heterocycles. The second kappa shape index (κ2) is 77.0. The minimum atomic E-state index is -4.97. The lowest BCUT2D eigenvalue weighted by Crippen LogP contribution is -2.30. The minimum Gasteiger partial charge on any atom is -0.462 e. The monoisotopic (exact) mass is 1550 g/mol. The Morgan fingerprint density at radius 1 is 0.274 bits per heavy atom. The maximum atomic E-state index is 13.2. The molecule has 0 aromatic rings. The molecule has 0 aliphatic carbocycles. The highest BCUT2D eigenvalue weighted by Crippen LogP contribution is 2.45. The molecule has 0 fully saturated rings. The fourth-order valence-electron chi connectivity index (χ4n) is 13.5. The van der Waals surface area contributed by atoms with Gasteiger partial charge in [0.2, 0.25) is 0 Å². The zero-order valence-electron chi connectivity index (χ0n) is 69.9. The fourth-order valence-corrected chi connectivity index (χ4v) is 15.1. The lowest BCUT2D eigenvalue weighted by atomic mass is 9.99. The number of aliphatic hydroxyl groups is 1. The van der Waals surface area contributed by atoms with Crippen molar-refractivity contribution in [2.45, 2.75) is 478 Å². The molecule has 19 heteroatoms. The summed E-state index contributed by atoms with van der Waals surface area (Å²) in [5.74, 6) is 0.221. The van der Waals surface area contributed by atoms with E-state index in [9.17, 15) is 43.2 Å². The van der Waals surface area contributed by atoms with Gasteiger partial charge in [-0.25, -0.2) is 9.13 Å². The summed E-state index contributed by atoms with van der Waals surface area (Å²) in [6.45, 7) is 12.0. The molecule has 0 aliphatic rings. The number of ether oxygens (including phenoxy) is 4. The van der Waals surface area contributed by atoms with Crippen molar-refractivity contribution < 1.29 is 80.2 Å². The smallest absolute Gasteiger partial charge is 0.462 e. The number of rotatable bonds is 85. The quantitative estimate of drug-likeness (QED) is 0.0222. The molecule has 0 heterocycles. The van der Waals surface area contributed by atoms with Gasteiger partial charge in [0.05, 0.1) is 26.4 Å². The molecule has 106 heavy (non-hydrogen) atoms. The first-order valence-electron chi connectivity index (χ1n) is 44.9. The molecule has 3 N–H and O–H groups in total. The maximum absolute atomic E-state index is 13.2. The summed E-state index contributed by atoms with van der Waals surface area (Å²) >= 11 is 0. The van der Waals surface area contributed by atoms with Gasteiger partial charge in [-0.2, -0.15) is 0 Å². The van der Waals surface area contributed by atoms with Gasteiger partial charge in [-0.05, 0) is 43.4 Å². The lowest BCUT2D eigenvalue weighted by molar-refractivity contribution is -0.161. The van der Waals surface area contributed by atoms with Gasteiger partial charge >= 0.3 is 39.5 Å². The van der Waals surface area contributed by atoms with Crippen LogP contribution in [0.1, 0.15) is 459 Å². The average Bonchev–Trinajstić information content (AvgIpc) is 0.902. The predicted molar refractivity (Wildman–Crippen MR) is 437 cm³/mol. The van der Waals surface area contributed by atoms with Crippen LogP contribution < -0.4 is 0 Å². The number of unbranched alkanes of at least 4 members (excludes halogenated alkanes) is 52. The van der Waals surface area contributed by atoms with Crippen molar-refractivity contribution in [1.29, 1.82) is 0 Å². The molecule has 0 rings (SSSR count). The van der Waals surface area contributed by atoms with E-state index in [1.807, 2.05) is 0 Å². The van der Waals surface area contributed by atoms with Crippen LogP contribution in [0.3, 0.4) is 0 Å². The van der Waals surface area contributed by atoms with Crippen molar-refractivity contribution in [1.82, 2.24) is 0 Å². The van der Waals surface area contributed by atoms with Gasteiger partial charge in [0.1, 0.15) is 19.3 Å². The molecule has 0 bridgehead atoms. The number of esters is 4. The minimum absolute atomic E-state index is 0.105. The van der Waals surface area contributed by atoms with Crippen molar-refractivity contribution in [2.75, 3.05) is 39.6 Å². The van der Waals surface area contributed by atoms with E-state index in [-0.39, 0.29) is 25.7 Å². The molecule has 3 unspecified atom stereocenters. The largest absolute Gasteiger partial charge is 0.472 e. The van der Waals surface area contributed by atoms with E-state index in [4.69, 9.17) is 37.0 Å². The molecule has 0 amide bonds. The standard InChI is InChI=1S/C87H170O17P2/c1-8-10-11-12-13-14-15-16-17-18-19-20-21-25-28-31-34-40-47-54-61-68-84(89)97-74-82(103-86(91)70-63-56-48-41-35-32-29-26-23-22-24-27-30-33-39-46-53-60-67-80(7)9-2)76-101-105(93,94)99-72-81(88)73-100-106(95,96)102-77-83(75-98-85(90)69-62-55-50-43-45-52-59-66-79(5)6)104-87(92)71-64-57-49-42-37-36-38-44-51-58-65-78(3)4/h78-83,88H,8-77H2,1-7H3,(H,93,94)(H,95,96)/t80?,81-,82-,83-/m1/s1. The van der Waals surface area contributed by atoms with Crippen LogP contribution in [-0.2, 0) is 65.4 Å². The number of hydrogen-bond acceptors (Lipinski definition) is 15. The zero-order chi connectivity index (χ0) is 77.9. The van der Waals surface area contributed by atoms with E-state index >= 15 is 0 Å². The fraction of sp³-hybridized carbons (Fsp3) is 0.954. The number of hydrogen-bond donors (Lipinski definition) is 3. The van der Waals surface area contributed by atoms with E-state index < -0.39 is 97.5 Å².